The number of rotatable bonds is 7. The Kier molecular flexibility index (Phi) is 6.42. The maximum absolute atomic E-state index is 11.6. The van der Waals surface area contributed by atoms with Gasteiger partial charge >= 0.3 is 0 Å². The van der Waals surface area contributed by atoms with Crippen molar-refractivity contribution in [3.63, 3.8) is 0 Å². The highest BCUT2D eigenvalue weighted by molar-refractivity contribution is 5.93. The smallest absolute Gasteiger partial charge is 0.252 e. The van der Waals surface area contributed by atoms with E-state index < -0.39 is 0 Å². The molecule has 0 atom stereocenters. The van der Waals surface area contributed by atoms with E-state index in [4.69, 9.17) is 0 Å². The lowest BCUT2D eigenvalue weighted by Crippen LogP contribution is -2.35. The van der Waals surface area contributed by atoms with E-state index in [0.29, 0.717) is 31.6 Å². The van der Waals surface area contributed by atoms with E-state index in [1.807, 2.05) is 0 Å². The van der Waals surface area contributed by atoms with Crippen molar-refractivity contribution in [1.29, 1.82) is 0 Å². The van der Waals surface area contributed by atoms with Gasteiger partial charge in [0.05, 0.1) is 5.56 Å². The summed E-state index contributed by atoms with van der Waals surface area (Å²) in [6.45, 7) is 1.47. The normalized spacial score (nSPS) is 9.83. The first kappa shape index (κ1) is 14.1. The predicted molar refractivity (Wildman–Crippen MR) is 68.1 cm³/mol. The monoisotopic (exact) mass is 250 g/mol. The lowest BCUT2D eigenvalue weighted by Gasteiger charge is -2.06. The van der Waals surface area contributed by atoms with Gasteiger partial charge in [-0.15, -0.1) is 0 Å². The molecule has 18 heavy (non-hydrogen) atoms. The van der Waals surface area contributed by atoms with Crippen LogP contribution in [0.1, 0.15) is 16.8 Å². The number of hydrogen-bond donors (Lipinski definition) is 3. The number of amides is 2. The van der Waals surface area contributed by atoms with Crippen LogP contribution in [0, 0.1) is 0 Å². The molecule has 0 aliphatic heterocycles. The number of nitrogens with zero attached hydrogens (tertiary/aromatic N) is 1. The molecule has 0 fully saturated rings. The molecular formula is C12H18N4O2. The summed E-state index contributed by atoms with van der Waals surface area (Å²) >= 11 is 0. The molecule has 0 aliphatic carbocycles. The molecule has 0 unspecified atom stereocenters. The third kappa shape index (κ3) is 5.40. The van der Waals surface area contributed by atoms with Gasteiger partial charge < -0.3 is 16.0 Å². The summed E-state index contributed by atoms with van der Waals surface area (Å²) in [4.78, 5) is 26.7. The summed E-state index contributed by atoms with van der Waals surface area (Å²) in [6, 6.07) is 3.39. The Bertz CT molecular complexity index is 381. The lowest BCUT2D eigenvalue weighted by molar-refractivity contribution is -0.120. The average Bonchev–Trinajstić information content (AvgIpc) is 2.42. The van der Waals surface area contributed by atoms with Crippen LogP contribution in [0.2, 0.25) is 0 Å². The Balaban J connectivity index is 2.15. The van der Waals surface area contributed by atoms with Gasteiger partial charge in [0.1, 0.15) is 0 Å². The molecular weight excluding hydrogens is 232 g/mol. The van der Waals surface area contributed by atoms with Gasteiger partial charge in [-0.1, -0.05) is 0 Å². The average molecular weight is 250 g/mol. The molecule has 0 aromatic carbocycles. The number of carbonyl (C=O) groups is 2. The standard InChI is InChI=1S/C12H18N4O2/c1-13-6-4-11(17)15-7-8-16-12(18)10-3-2-5-14-9-10/h2-3,5,9,13H,4,6-8H2,1H3,(H,15,17)(H,16,18). The molecule has 0 aliphatic rings. The van der Waals surface area contributed by atoms with Crippen LogP contribution in [0.5, 0.6) is 0 Å². The lowest BCUT2D eigenvalue weighted by atomic mass is 10.3. The molecule has 0 saturated carbocycles. The van der Waals surface area contributed by atoms with Crippen molar-refractivity contribution < 1.29 is 9.59 Å². The van der Waals surface area contributed by atoms with Gasteiger partial charge in [0, 0.05) is 38.4 Å². The van der Waals surface area contributed by atoms with Crippen molar-refractivity contribution in [3.8, 4) is 0 Å². The van der Waals surface area contributed by atoms with E-state index in [-0.39, 0.29) is 11.8 Å². The van der Waals surface area contributed by atoms with Crippen LogP contribution in [0.4, 0.5) is 0 Å². The summed E-state index contributed by atoms with van der Waals surface area (Å²) < 4.78 is 0. The molecule has 0 radical (unpaired) electrons. The highest BCUT2D eigenvalue weighted by Gasteiger charge is 2.04. The fourth-order valence-corrected chi connectivity index (χ4v) is 1.30. The molecule has 1 aromatic heterocycles. The van der Waals surface area contributed by atoms with E-state index in [0.717, 1.165) is 0 Å². The van der Waals surface area contributed by atoms with E-state index in [1.54, 1.807) is 25.4 Å². The van der Waals surface area contributed by atoms with Crippen molar-refractivity contribution in [1.82, 2.24) is 20.9 Å². The Morgan fingerprint density at radius 3 is 2.67 bits per heavy atom. The zero-order valence-corrected chi connectivity index (χ0v) is 10.4. The summed E-state index contributed by atoms with van der Waals surface area (Å²) in [6.07, 6.45) is 3.55. The maximum atomic E-state index is 11.6. The molecule has 1 rings (SSSR count). The van der Waals surface area contributed by atoms with Gasteiger partial charge in [0.15, 0.2) is 0 Å². The molecule has 6 nitrogen and oxygen atoms in total. The second-order valence-corrected chi connectivity index (χ2v) is 3.70. The highest BCUT2D eigenvalue weighted by Crippen LogP contribution is 1.94. The van der Waals surface area contributed by atoms with Crippen LogP contribution in [-0.4, -0.2) is 43.5 Å². The highest BCUT2D eigenvalue weighted by atomic mass is 16.2. The van der Waals surface area contributed by atoms with Gasteiger partial charge in [-0.2, -0.15) is 0 Å². The fourth-order valence-electron chi connectivity index (χ4n) is 1.30. The molecule has 1 aromatic rings. The van der Waals surface area contributed by atoms with Crippen molar-refractivity contribution in [3.05, 3.63) is 30.1 Å². The minimum absolute atomic E-state index is 0.0278. The van der Waals surface area contributed by atoms with Crippen molar-refractivity contribution in [2.75, 3.05) is 26.7 Å². The van der Waals surface area contributed by atoms with Crippen LogP contribution in [-0.2, 0) is 4.79 Å². The van der Waals surface area contributed by atoms with Crippen LogP contribution < -0.4 is 16.0 Å². The van der Waals surface area contributed by atoms with Gasteiger partial charge in [-0.3, -0.25) is 14.6 Å². The number of aromatic nitrogens is 1. The number of nitrogens with one attached hydrogen (secondary N) is 3. The van der Waals surface area contributed by atoms with E-state index in [1.165, 1.54) is 6.20 Å². The molecule has 0 saturated heterocycles. The molecule has 3 N–H and O–H groups in total. The zero-order valence-electron chi connectivity index (χ0n) is 10.4. The van der Waals surface area contributed by atoms with Gasteiger partial charge in [0.2, 0.25) is 5.91 Å². The minimum Gasteiger partial charge on any atom is -0.354 e. The number of hydrogen-bond acceptors (Lipinski definition) is 4. The number of carbonyl (C=O) groups excluding carboxylic acids is 2. The van der Waals surface area contributed by atoms with Crippen LogP contribution in [0.25, 0.3) is 0 Å². The van der Waals surface area contributed by atoms with Crippen LogP contribution >= 0.6 is 0 Å². The molecule has 2 amide bonds. The quantitative estimate of drug-likeness (QED) is 0.572. The van der Waals surface area contributed by atoms with E-state index >= 15 is 0 Å². The Morgan fingerprint density at radius 2 is 2.00 bits per heavy atom. The van der Waals surface area contributed by atoms with Gasteiger partial charge in [0.25, 0.3) is 5.91 Å². The minimum atomic E-state index is -0.187. The topological polar surface area (TPSA) is 83.1 Å². The zero-order chi connectivity index (χ0) is 13.2. The second kappa shape index (κ2) is 8.19. The fraction of sp³-hybridized carbons (Fsp3) is 0.417. The van der Waals surface area contributed by atoms with E-state index in [9.17, 15) is 9.59 Å². The van der Waals surface area contributed by atoms with Crippen molar-refractivity contribution >= 4 is 11.8 Å². The molecule has 0 spiro atoms. The van der Waals surface area contributed by atoms with Gasteiger partial charge in [-0.25, -0.2) is 0 Å². The maximum Gasteiger partial charge on any atom is 0.252 e. The number of pyridine rings is 1. The second-order valence-electron chi connectivity index (χ2n) is 3.70. The molecule has 0 bridgehead atoms. The van der Waals surface area contributed by atoms with Crippen LogP contribution in [0.15, 0.2) is 24.5 Å². The third-order valence-electron chi connectivity index (χ3n) is 2.26. The summed E-state index contributed by atoms with van der Waals surface area (Å²) in [5.41, 5.74) is 0.513. The SMILES string of the molecule is CNCCC(=O)NCCNC(=O)c1cccnc1. The Labute approximate surface area is 106 Å². The molecule has 98 valence electrons. The van der Waals surface area contributed by atoms with Crippen molar-refractivity contribution in [2.24, 2.45) is 0 Å². The van der Waals surface area contributed by atoms with E-state index in [2.05, 4.69) is 20.9 Å². The third-order valence-corrected chi connectivity index (χ3v) is 2.26. The summed E-state index contributed by atoms with van der Waals surface area (Å²) in [5, 5.41) is 8.31. The van der Waals surface area contributed by atoms with Crippen LogP contribution in [0.3, 0.4) is 0 Å². The predicted octanol–water partition coefficient (Wildman–Crippen LogP) is -0.463. The van der Waals surface area contributed by atoms with Crippen molar-refractivity contribution in [2.45, 2.75) is 6.42 Å². The first-order valence-corrected chi connectivity index (χ1v) is 5.83. The first-order valence-electron chi connectivity index (χ1n) is 5.83. The largest absolute Gasteiger partial charge is 0.354 e. The Morgan fingerprint density at radius 1 is 1.22 bits per heavy atom. The van der Waals surface area contributed by atoms with Gasteiger partial charge in [-0.05, 0) is 19.2 Å². The summed E-state index contributed by atoms with van der Waals surface area (Å²) in [5.74, 6) is -0.215. The first-order chi connectivity index (χ1) is 8.74. The Hall–Kier alpha value is -1.95. The molecule has 6 heteroatoms. The summed E-state index contributed by atoms with van der Waals surface area (Å²) in [7, 11) is 1.79. The molecule has 1 heterocycles.